The normalized spacial score (nSPS) is 15.3. The van der Waals surface area contributed by atoms with Crippen LogP contribution < -0.4 is 5.32 Å². The van der Waals surface area contributed by atoms with Crippen molar-refractivity contribution in [2.75, 3.05) is 39.9 Å². The molecule has 0 aliphatic heterocycles. The number of nitrogens with zero attached hydrogens (tertiary/aromatic N) is 1. The minimum atomic E-state index is 0.139. The average molecular weight is 214 g/mol. The number of hydrogen-bond donors (Lipinski definition) is 1. The molecule has 1 N–H and O–H groups in total. The van der Waals surface area contributed by atoms with E-state index in [9.17, 15) is 4.79 Å². The summed E-state index contributed by atoms with van der Waals surface area (Å²) in [6.45, 7) is 5.51. The number of hydrogen-bond acceptors (Lipinski definition) is 3. The highest BCUT2D eigenvalue weighted by atomic mass is 16.5. The monoisotopic (exact) mass is 214 g/mol. The van der Waals surface area contributed by atoms with Crippen LogP contribution in [0.3, 0.4) is 0 Å². The van der Waals surface area contributed by atoms with Gasteiger partial charge < -0.3 is 15.0 Å². The molecule has 88 valence electrons. The third-order valence-corrected chi connectivity index (χ3v) is 2.65. The second-order valence-electron chi connectivity index (χ2n) is 4.10. The number of carbonyl (C=O) groups excluding carboxylic acids is 1. The van der Waals surface area contributed by atoms with Crippen LogP contribution in [0.4, 0.5) is 0 Å². The minimum absolute atomic E-state index is 0.139. The van der Waals surface area contributed by atoms with E-state index in [0.717, 1.165) is 25.6 Å². The average Bonchev–Trinajstić information content (AvgIpc) is 3.05. The second-order valence-corrected chi connectivity index (χ2v) is 4.10. The maximum Gasteiger partial charge on any atom is 0.236 e. The van der Waals surface area contributed by atoms with E-state index in [4.69, 9.17) is 4.74 Å². The van der Waals surface area contributed by atoms with Crippen molar-refractivity contribution in [1.82, 2.24) is 10.2 Å². The molecule has 1 rings (SSSR count). The highest BCUT2D eigenvalue weighted by molar-refractivity contribution is 5.77. The Bertz CT molecular complexity index is 193. The molecule has 0 aromatic carbocycles. The van der Waals surface area contributed by atoms with Gasteiger partial charge >= 0.3 is 0 Å². The Labute approximate surface area is 92.0 Å². The van der Waals surface area contributed by atoms with Gasteiger partial charge in [0.25, 0.3) is 0 Å². The first kappa shape index (κ1) is 12.5. The van der Waals surface area contributed by atoms with Gasteiger partial charge in [0, 0.05) is 26.7 Å². The van der Waals surface area contributed by atoms with E-state index in [1.165, 1.54) is 12.8 Å². The van der Waals surface area contributed by atoms with E-state index >= 15 is 0 Å². The van der Waals surface area contributed by atoms with Crippen molar-refractivity contribution >= 4 is 5.91 Å². The van der Waals surface area contributed by atoms with Crippen LogP contribution in [0.25, 0.3) is 0 Å². The van der Waals surface area contributed by atoms with Gasteiger partial charge in [0.05, 0.1) is 13.2 Å². The lowest BCUT2D eigenvalue weighted by atomic mass is 10.4. The molecule has 4 heteroatoms. The molecule has 0 atom stereocenters. The second kappa shape index (κ2) is 6.80. The summed E-state index contributed by atoms with van der Waals surface area (Å²) in [6.07, 6.45) is 2.65. The van der Waals surface area contributed by atoms with Crippen LogP contribution in [0, 0.1) is 5.92 Å². The van der Waals surface area contributed by atoms with Crippen LogP contribution in [0.5, 0.6) is 0 Å². The first-order valence-electron chi connectivity index (χ1n) is 5.76. The maximum absolute atomic E-state index is 11.3. The molecule has 1 aliphatic rings. The standard InChI is InChI=1S/C11H22N2O2/c1-3-13(2)11(14)8-12-6-7-15-9-10-4-5-10/h10,12H,3-9H2,1-2H3. The van der Waals surface area contributed by atoms with Gasteiger partial charge in [0.2, 0.25) is 5.91 Å². The zero-order chi connectivity index (χ0) is 11.1. The fourth-order valence-corrected chi connectivity index (χ4v) is 1.19. The Morgan fingerprint density at radius 2 is 2.27 bits per heavy atom. The predicted octanol–water partition coefficient (Wildman–Crippen LogP) is 0.481. The molecule has 1 fully saturated rings. The quantitative estimate of drug-likeness (QED) is 0.598. The number of amides is 1. The van der Waals surface area contributed by atoms with E-state index < -0.39 is 0 Å². The lowest BCUT2D eigenvalue weighted by Gasteiger charge is -2.14. The third kappa shape index (κ3) is 5.74. The van der Waals surface area contributed by atoms with Crippen molar-refractivity contribution in [3.8, 4) is 0 Å². The maximum atomic E-state index is 11.3. The van der Waals surface area contributed by atoms with Crippen molar-refractivity contribution in [3.05, 3.63) is 0 Å². The molecular weight excluding hydrogens is 192 g/mol. The lowest BCUT2D eigenvalue weighted by Crippen LogP contribution is -2.36. The summed E-state index contributed by atoms with van der Waals surface area (Å²) in [5.41, 5.74) is 0. The Hall–Kier alpha value is -0.610. The topological polar surface area (TPSA) is 41.6 Å². The zero-order valence-corrected chi connectivity index (χ0v) is 9.79. The van der Waals surface area contributed by atoms with Crippen LogP contribution in [0.1, 0.15) is 19.8 Å². The van der Waals surface area contributed by atoms with Crippen molar-refractivity contribution in [2.24, 2.45) is 5.92 Å². The van der Waals surface area contributed by atoms with E-state index in [-0.39, 0.29) is 5.91 Å². The van der Waals surface area contributed by atoms with Gasteiger partial charge in [-0.2, -0.15) is 0 Å². The fraction of sp³-hybridized carbons (Fsp3) is 0.909. The molecule has 0 bridgehead atoms. The van der Waals surface area contributed by atoms with Crippen molar-refractivity contribution < 1.29 is 9.53 Å². The molecule has 0 radical (unpaired) electrons. The van der Waals surface area contributed by atoms with Gasteiger partial charge in [-0.1, -0.05) is 0 Å². The van der Waals surface area contributed by atoms with Crippen molar-refractivity contribution in [1.29, 1.82) is 0 Å². The molecule has 0 unspecified atom stereocenters. The molecular formula is C11H22N2O2. The third-order valence-electron chi connectivity index (χ3n) is 2.65. The van der Waals surface area contributed by atoms with Gasteiger partial charge in [-0.05, 0) is 25.7 Å². The molecule has 15 heavy (non-hydrogen) atoms. The Morgan fingerprint density at radius 3 is 2.87 bits per heavy atom. The minimum Gasteiger partial charge on any atom is -0.380 e. The van der Waals surface area contributed by atoms with E-state index in [2.05, 4.69) is 5.32 Å². The van der Waals surface area contributed by atoms with Crippen molar-refractivity contribution in [2.45, 2.75) is 19.8 Å². The zero-order valence-electron chi connectivity index (χ0n) is 9.79. The van der Waals surface area contributed by atoms with Gasteiger partial charge in [0.15, 0.2) is 0 Å². The smallest absolute Gasteiger partial charge is 0.236 e. The van der Waals surface area contributed by atoms with Crippen LogP contribution in [-0.2, 0) is 9.53 Å². The largest absolute Gasteiger partial charge is 0.380 e. The number of nitrogens with one attached hydrogen (secondary N) is 1. The Balaban J connectivity index is 1.84. The summed E-state index contributed by atoms with van der Waals surface area (Å²) in [6, 6.07) is 0. The molecule has 0 heterocycles. The molecule has 4 nitrogen and oxygen atoms in total. The van der Waals surface area contributed by atoms with Crippen molar-refractivity contribution in [3.63, 3.8) is 0 Å². The summed E-state index contributed by atoms with van der Waals surface area (Å²) >= 11 is 0. The van der Waals surface area contributed by atoms with E-state index in [0.29, 0.717) is 13.2 Å². The molecule has 1 aliphatic carbocycles. The van der Waals surface area contributed by atoms with Crippen LogP contribution in [0.2, 0.25) is 0 Å². The number of rotatable bonds is 8. The van der Waals surface area contributed by atoms with Gasteiger partial charge in [-0.15, -0.1) is 0 Å². The summed E-state index contributed by atoms with van der Waals surface area (Å²) in [5.74, 6) is 0.956. The number of likely N-dealkylation sites (N-methyl/N-ethyl adjacent to an activating group) is 1. The first-order valence-corrected chi connectivity index (χ1v) is 5.76. The Kier molecular flexibility index (Phi) is 5.65. The highest BCUT2D eigenvalue weighted by Crippen LogP contribution is 2.28. The highest BCUT2D eigenvalue weighted by Gasteiger charge is 2.20. The number of carbonyl (C=O) groups is 1. The lowest BCUT2D eigenvalue weighted by molar-refractivity contribution is -0.128. The summed E-state index contributed by atoms with van der Waals surface area (Å²) in [5, 5.41) is 3.08. The van der Waals surface area contributed by atoms with Gasteiger partial charge in [0.1, 0.15) is 0 Å². The fourth-order valence-electron chi connectivity index (χ4n) is 1.19. The van der Waals surface area contributed by atoms with E-state index in [1.54, 1.807) is 4.90 Å². The van der Waals surface area contributed by atoms with Crippen LogP contribution in [0.15, 0.2) is 0 Å². The van der Waals surface area contributed by atoms with Crippen LogP contribution in [-0.4, -0.2) is 50.7 Å². The summed E-state index contributed by atoms with van der Waals surface area (Å²) in [7, 11) is 1.81. The SMILES string of the molecule is CCN(C)C(=O)CNCCOCC1CC1. The summed E-state index contributed by atoms with van der Waals surface area (Å²) < 4.78 is 5.44. The molecule has 0 spiro atoms. The predicted molar refractivity (Wildman–Crippen MR) is 59.7 cm³/mol. The molecule has 0 saturated heterocycles. The number of ether oxygens (including phenoxy) is 1. The van der Waals surface area contributed by atoms with Crippen LogP contribution >= 0.6 is 0 Å². The molecule has 1 saturated carbocycles. The van der Waals surface area contributed by atoms with E-state index in [1.807, 2.05) is 14.0 Å². The molecule has 0 aromatic heterocycles. The summed E-state index contributed by atoms with van der Waals surface area (Å²) in [4.78, 5) is 13.1. The molecule has 1 amide bonds. The molecule has 0 aromatic rings. The van der Waals surface area contributed by atoms with Gasteiger partial charge in [-0.3, -0.25) is 4.79 Å². The first-order chi connectivity index (χ1) is 7.24. The Morgan fingerprint density at radius 1 is 1.53 bits per heavy atom. The van der Waals surface area contributed by atoms with Gasteiger partial charge in [-0.25, -0.2) is 0 Å².